The van der Waals surface area contributed by atoms with Crippen molar-refractivity contribution in [3.05, 3.63) is 35.1 Å². The molecule has 0 amide bonds. The summed E-state index contributed by atoms with van der Waals surface area (Å²) in [4.78, 5) is 0. The van der Waals surface area contributed by atoms with Crippen LogP contribution in [-0.2, 0) is 5.54 Å². The molecule has 13 heavy (non-hydrogen) atoms. The lowest BCUT2D eigenvalue weighted by atomic mass is 10.0. The Labute approximate surface area is 77.8 Å². The van der Waals surface area contributed by atoms with Crippen molar-refractivity contribution >= 4 is 0 Å². The van der Waals surface area contributed by atoms with Crippen LogP contribution >= 0.6 is 0 Å². The molecule has 1 nitrogen and oxygen atoms in total. The summed E-state index contributed by atoms with van der Waals surface area (Å²) >= 11 is 0. The number of benzene rings is 1. The molecule has 1 saturated carbocycles. The van der Waals surface area contributed by atoms with Gasteiger partial charge in [0.15, 0.2) is 0 Å². The number of hydrogen-bond acceptors (Lipinski definition) is 1. The van der Waals surface area contributed by atoms with Gasteiger partial charge in [-0.05, 0) is 30.9 Å². The average Bonchev–Trinajstić information content (AvgIpc) is 2.59. The van der Waals surface area contributed by atoms with Crippen LogP contribution in [0.25, 0.3) is 0 Å². The minimum atomic E-state index is -0.391. The number of aryl methyl sites for hydroxylation is 1. The summed E-state index contributed by atoms with van der Waals surface area (Å²) in [6.07, 6.45) is 0.896. The van der Waals surface area contributed by atoms with Gasteiger partial charge in [-0.15, -0.1) is 0 Å². The molecule has 0 aromatic heterocycles. The van der Waals surface area contributed by atoms with Crippen LogP contribution in [0.4, 0.5) is 4.39 Å². The molecule has 0 radical (unpaired) electrons. The van der Waals surface area contributed by atoms with Gasteiger partial charge in [-0.1, -0.05) is 19.1 Å². The molecule has 0 heterocycles. The monoisotopic (exact) mass is 179 g/mol. The Kier molecular flexibility index (Phi) is 1.70. The van der Waals surface area contributed by atoms with Gasteiger partial charge in [0.1, 0.15) is 5.82 Å². The van der Waals surface area contributed by atoms with Crippen LogP contribution in [-0.4, -0.2) is 0 Å². The Morgan fingerprint density at radius 1 is 1.54 bits per heavy atom. The third kappa shape index (κ3) is 1.25. The quantitative estimate of drug-likeness (QED) is 0.703. The molecule has 0 aliphatic heterocycles. The molecule has 2 rings (SSSR count). The van der Waals surface area contributed by atoms with E-state index in [4.69, 9.17) is 5.73 Å². The highest BCUT2D eigenvalue weighted by atomic mass is 19.1. The molecule has 1 aliphatic carbocycles. The second-order valence-electron chi connectivity index (χ2n) is 4.13. The summed E-state index contributed by atoms with van der Waals surface area (Å²) in [5.74, 6) is 0.247. The minimum Gasteiger partial charge on any atom is -0.321 e. The maximum Gasteiger partial charge on any atom is 0.128 e. The van der Waals surface area contributed by atoms with Crippen molar-refractivity contribution in [1.29, 1.82) is 0 Å². The first-order chi connectivity index (χ1) is 6.04. The van der Waals surface area contributed by atoms with Gasteiger partial charge in [-0.3, -0.25) is 0 Å². The summed E-state index contributed by atoms with van der Waals surface area (Å²) in [5.41, 5.74) is 7.25. The minimum absolute atomic E-state index is 0.160. The van der Waals surface area contributed by atoms with Gasteiger partial charge in [0.2, 0.25) is 0 Å². The molecule has 1 aromatic carbocycles. The van der Waals surface area contributed by atoms with E-state index in [1.807, 2.05) is 19.1 Å². The van der Waals surface area contributed by atoms with Gasteiger partial charge in [-0.25, -0.2) is 4.39 Å². The molecule has 2 unspecified atom stereocenters. The van der Waals surface area contributed by atoms with Crippen molar-refractivity contribution in [2.24, 2.45) is 11.7 Å². The Hall–Kier alpha value is -0.890. The molecular weight excluding hydrogens is 165 g/mol. The van der Waals surface area contributed by atoms with E-state index in [0.29, 0.717) is 11.5 Å². The smallest absolute Gasteiger partial charge is 0.128 e. The zero-order chi connectivity index (χ0) is 9.64. The summed E-state index contributed by atoms with van der Waals surface area (Å²) in [5, 5.41) is 0. The van der Waals surface area contributed by atoms with E-state index in [9.17, 15) is 4.39 Å². The number of nitrogens with two attached hydrogens (primary N) is 1. The standard InChI is InChI=1S/C11H14FN/c1-7-3-4-9(10(12)5-7)11(13)6-8(11)2/h3-5,8H,6,13H2,1-2H3. The maximum absolute atomic E-state index is 13.5. The molecule has 0 saturated heterocycles. The number of halogens is 1. The molecule has 0 spiro atoms. The third-order valence-corrected chi connectivity index (χ3v) is 2.99. The van der Waals surface area contributed by atoms with E-state index in [1.165, 1.54) is 0 Å². The van der Waals surface area contributed by atoms with E-state index in [1.54, 1.807) is 6.07 Å². The van der Waals surface area contributed by atoms with Gasteiger partial charge < -0.3 is 5.73 Å². The molecular formula is C11H14FN. The third-order valence-electron chi connectivity index (χ3n) is 2.99. The normalized spacial score (nSPS) is 31.8. The SMILES string of the molecule is Cc1ccc(C2(N)CC2C)c(F)c1. The van der Waals surface area contributed by atoms with E-state index < -0.39 is 5.54 Å². The van der Waals surface area contributed by atoms with Gasteiger partial charge in [-0.2, -0.15) is 0 Å². The molecule has 70 valence electrons. The molecule has 1 aromatic rings. The fourth-order valence-electron chi connectivity index (χ4n) is 1.82. The zero-order valence-corrected chi connectivity index (χ0v) is 7.97. The van der Waals surface area contributed by atoms with Crippen LogP contribution in [0.1, 0.15) is 24.5 Å². The molecule has 2 N–H and O–H groups in total. The first-order valence-corrected chi connectivity index (χ1v) is 4.59. The highest BCUT2D eigenvalue weighted by Gasteiger charge is 2.50. The van der Waals surface area contributed by atoms with Crippen molar-refractivity contribution in [2.45, 2.75) is 25.8 Å². The van der Waals surface area contributed by atoms with Gasteiger partial charge >= 0.3 is 0 Å². The van der Waals surface area contributed by atoms with Crippen LogP contribution in [0, 0.1) is 18.7 Å². The Bertz CT molecular complexity index is 348. The Balaban J connectivity index is 2.42. The molecule has 1 aliphatic rings. The van der Waals surface area contributed by atoms with Crippen molar-refractivity contribution in [2.75, 3.05) is 0 Å². The maximum atomic E-state index is 13.5. The summed E-state index contributed by atoms with van der Waals surface area (Å²) < 4.78 is 13.5. The van der Waals surface area contributed by atoms with Crippen LogP contribution in [0.15, 0.2) is 18.2 Å². The van der Waals surface area contributed by atoms with Crippen molar-refractivity contribution in [3.8, 4) is 0 Å². The first kappa shape index (κ1) is 8.70. The van der Waals surface area contributed by atoms with E-state index in [-0.39, 0.29) is 5.82 Å². The highest BCUT2D eigenvalue weighted by Crippen LogP contribution is 2.49. The molecule has 2 atom stereocenters. The van der Waals surface area contributed by atoms with Gasteiger partial charge in [0.05, 0.1) is 0 Å². The van der Waals surface area contributed by atoms with Crippen molar-refractivity contribution < 1.29 is 4.39 Å². The second kappa shape index (κ2) is 2.55. The van der Waals surface area contributed by atoms with Crippen LogP contribution < -0.4 is 5.73 Å². The lowest BCUT2D eigenvalue weighted by Crippen LogP contribution is -2.22. The van der Waals surface area contributed by atoms with Crippen LogP contribution in [0.3, 0.4) is 0 Å². The largest absolute Gasteiger partial charge is 0.321 e. The van der Waals surface area contributed by atoms with Gasteiger partial charge in [0.25, 0.3) is 0 Å². The molecule has 0 bridgehead atoms. The topological polar surface area (TPSA) is 26.0 Å². The van der Waals surface area contributed by atoms with E-state index >= 15 is 0 Å². The molecule has 2 heteroatoms. The van der Waals surface area contributed by atoms with Crippen LogP contribution in [0.2, 0.25) is 0 Å². The fourth-order valence-corrected chi connectivity index (χ4v) is 1.82. The highest BCUT2D eigenvalue weighted by molar-refractivity contribution is 5.34. The van der Waals surface area contributed by atoms with Crippen molar-refractivity contribution in [1.82, 2.24) is 0 Å². The first-order valence-electron chi connectivity index (χ1n) is 4.59. The van der Waals surface area contributed by atoms with Gasteiger partial charge in [0, 0.05) is 11.1 Å². The average molecular weight is 179 g/mol. The fraction of sp³-hybridized carbons (Fsp3) is 0.455. The number of rotatable bonds is 1. The predicted octanol–water partition coefficient (Wildman–Crippen LogP) is 2.33. The van der Waals surface area contributed by atoms with Crippen LogP contribution in [0.5, 0.6) is 0 Å². The molecule has 1 fully saturated rings. The summed E-state index contributed by atoms with van der Waals surface area (Å²) in [6, 6.07) is 5.28. The summed E-state index contributed by atoms with van der Waals surface area (Å²) in [7, 11) is 0. The van der Waals surface area contributed by atoms with E-state index in [2.05, 4.69) is 6.92 Å². The summed E-state index contributed by atoms with van der Waals surface area (Å²) in [6.45, 7) is 3.94. The van der Waals surface area contributed by atoms with Crippen molar-refractivity contribution in [3.63, 3.8) is 0 Å². The Morgan fingerprint density at radius 2 is 2.15 bits per heavy atom. The lowest BCUT2D eigenvalue weighted by molar-refractivity contribution is 0.559. The Morgan fingerprint density at radius 3 is 2.62 bits per heavy atom. The predicted molar refractivity (Wildman–Crippen MR) is 50.8 cm³/mol. The number of hydrogen-bond donors (Lipinski definition) is 1. The zero-order valence-electron chi connectivity index (χ0n) is 7.97. The second-order valence-corrected chi connectivity index (χ2v) is 4.13. The van der Waals surface area contributed by atoms with E-state index in [0.717, 1.165) is 12.0 Å². The lowest BCUT2D eigenvalue weighted by Gasteiger charge is -2.12.